The highest BCUT2D eigenvalue weighted by molar-refractivity contribution is 7.19. The highest BCUT2D eigenvalue weighted by Crippen LogP contribution is 2.60. The molecule has 1 aromatic heterocycles. The zero-order valence-corrected chi connectivity index (χ0v) is 10.3. The molecule has 1 saturated heterocycles. The summed E-state index contributed by atoms with van der Waals surface area (Å²) in [5.74, 6) is 0.936. The van der Waals surface area contributed by atoms with E-state index >= 15 is 0 Å². The van der Waals surface area contributed by atoms with E-state index in [0.29, 0.717) is 5.41 Å². The van der Waals surface area contributed by atoms with Crippen LogP contribution in [0, 0.1) is 5.92 Å². The molecule has 0 amide bonds. The molecule has 82 valence electrons. The number of nitrogens with zero attached hydrogens (tertiary/aromatic N) is 1. The van der Waals surface area contributed by atoms with Crippen molar-refractivity contribution in [3.63, 3.8) is 0 Å². The first-order valence-electron chi connectivity index (χ1n) is 5.95. The van der Waals surface area contributed by atoms with E-state index in [1.165, 1.54) is 29.6 Å². The van der Waals surface area contributed by atoms with Crippen molar-refractivity contribution < 1.29 is 0 Å². The summed E-state index contributed by atoms with van der Waals surface area (Å²) < 4.78 is 1.45. The summed E-state index contributed by atoms with van der Waals surface area (Å²) in [7, 11) is 2.25. The van der Waals surface area contributed by atoms with Crippen molar-refractivity contribution in [2.24, 2.45) is 5.92 Å². The first kappa shape index (κ1) is 9.20. The number of hydrogen-bond acceptors (Lipinski definition) is 2. The van der Waals surface area contributed by atoms with Gasteiger partial charge in [-0.15, -0.1) is 11.3 Å². The van der Waals surface area contributed by atoms with E-state index in [-0.39, 0.29) is 0 Å². The zero-order chi connectivity index (χ0) is 10.8. The molecule has 0 spiro atoms. The lowest BCUT2D eigenvalue weighted by Gasteiger charge is -2.14. The highest BCUT2D eigenvalue weighted by atomic mass is 32.1. The van der Waals surface area contributed by atoms with Crippen LogP contribution in [0.5, 0.6) is 0 Å². The first-order valence-corrected chi connectivity index (χ1v) is 6.77. The average molecular weight is 229 g/mol. The lowest BCUT2D eigenvalue weighted by atomic mass is 10.0. The molecule has 2 fully saturated rings. The molecule has 2 heterocycles. The minimum Gasteiger partial charge on any atom is -0.305 e. The van der Waals surface area contributed by atoms with Crippen molar-refractivity contribution in [3.8, 4) is 0 Å². The summed E-state index contributed by atoms with van der Waals surface area (Å²) in [6.45, 7) is 2.57. The zero-order valence-electron chi connectivity index (χ0n) is 9.44. The van der Waals surface area contributed by atoms with Gasteiger partial charge in [0.25, 0.3) is 0 Å². The topological polar surface area (TPSA) is 3.24 Å². The first-order chi connectivity index (χ1) is 7.78. The number of likely N-dealkylation sites (tertiary alicyclic amines) is 1. The summed E-state index contributed by atoms with van der Waals surface area (Å²) in [6, 6.07) is 11.2. The fourth-order valence-electron chi connectivity index (χ4n) is 3.34. The molecule has 0 bridgehead atoms. The van der Waals surface area contributed by atoms with Crippen molar-refractivity contribution in [3.05, 3.63) is 35.2 Å². The Morgan fingerprint density at radius 2 is 2.25 bits per heavy atom. The molecule has 0 radical (unpaired) electrons. The number of benzene rings is 1. The minimum atomic E-state index is 0.540. The molecule has 2 aliphatic rings. The van der Waals surface area contributed by atoms with E-state index in [1.807, 2.05) is 11.3 Å². The molecule has 1 aliphatic carbocycles. The second-order valence-corrected chi connectivity index (χ2v) is 6.49. The quantitative estimate of drug-likeness (QED) is 0.726. The number of piperidine rings is 1. The smallest absolute Gasteiger partial charge is 0.0345 e. The molecule has 2 heteroatoms. The Morgan fingerprint density at radius 3 is 3.00 bits per heavy atom. The van der Waals surface area contributed by atoms with Gasteiger partial charge in [0.1, 0.15) is 0 Å². The van der Waals surface area contributed by atoms with Crippen molar-refractivity contribution in [2.75, 3.05) is 20.1 Å². The molecule has 16 heavy (non-hydrogen) atoms. The second-order valence-electron chi connectivity index (χ2n) is 5.40. The summed E-state index contributed by atoms with van der Waals surface area (Å²) >= 11 is 2.01. The van der Waals surface area contributed by atoms with E-state index in [9.17, 15) is 0 Å². The number of thiophene rings is 1. The fraction of sp³-hybridized carbons (Fsp3) is 0.429. The third kappa shape index (κ3) is 1.09. The van der Waals surface area contributed by atoms with Crippen LogP contribution in [0.2, 0.25) is 0 Å². The number of rotatable bonds is 1. The number of fused-ring (bicyclic) bond motifs is 2. The minimum absolute atomic E-state index is 0.540. The van der Waals surface area contributed by atoms with Gasteiger partial charge in [-0.3, -0.25) is 0 Å². The molecular weight excluding hydrogens is 214 g/mol. The maximum Gasteiger partial charge on any atom is 0.0345 e. The van der Waals surface area contributed by atoms with Crippen LogP contribution in [-0.2, 0) is 5.41 Å². The van der Waals surface area contributed by atoms with Crippen LogP contribution < -0.4 is 0 Å². The predicted octanol–water partition coefficient (Wildman–Crippen LogP) is 3.10. The normalized spacial score (nSPS) is 33.2. The van der Waals surface area contributed by atoms with Crippen molar-refractivity contribution in [1.29, 1.82) is 0 Å². The maximum absolute atomic E-state index is 2.48. The number of hydrogen-bond donors (Lipinski definition) is 0. The van der Waals surface area contributed by atoms with E-state index in [2.05, 4.69) is 42.3 Å². The Bertz CT molecular complexity index is 526. The van der Waals surface area contributed by atoms with Crippen LogP contribution in [0.3, 0.4) is 0 Å². The van der Waals surface area contributed by atoms with Gasteiger partial charge in [-0.05, 0) is 36.9 Å². The highest BCUT2D eigenvalue weighted by Gasteiger charge is 2.60. The van der Waals surface area contributed by atoms with Gasteiger partial charge in [0.2, 0.25) is 0 Å². The molecule has 2 atom stereocenters. The van der Waals surface area contributed by atoms with Crippen LogP contribution in [0.1, 0.15) is 11.3 Å². The largest absolute Gasteiger partial charge is 0.305 e. The summed E-state index contributed by atoms with van der Waals surface area (Å²) in [5.41, 5.74) is 0.540. The Labute approximate surface area is 99.7 Å². The lowest BCUT2D eigenvalue weighted by molar-refractivity contribution is 0.364. The van der Waals surface area contributed by atoms with E-state index < -0.39 is 0 Å². The van der Waals surface area contributed by atoms with Crippen LogP contribution in [0.4, 0.5) is 0 Å². The molecule has 4 rings (SSSR count). The molecule has 1 aliphatic heterocycles. The van der Waals surface area contributed by atoms with Gasteiger partial charge in [-0.1, -0.05) is 18.2 Å². The second kappa shape index (κ2) is 2.88. The van der Waals surface area contributed by atoms with Crippen LogP contribution in [-0.4, -0.2) is 25.0 Å². The predicted molar refractivity (Wildman–Crippen MR) is 69.1 cm³/mol. The standard InChI is InChI=1S/C14H15NS/c1-15-8-11-7-14(11,9-15)13-6-10-4-2-3-5-12(10)16-13/h2-6,11H,7-9H2,1H3/t11?,14-/m0/s1. The summed E-state index contributed by atoms with van der Waals surface area (Å²) in [4.78, 5) is 4.11. The molecule has 1 unspecified atom stereocenters. The molecule has 2 aromatic rings. The monoisotopic (exact) mass is 229 g/mol. The SMILES string of the molecule is CN1CC2C[C@]2(c2cc3ccccc3s2)C1. The molecule has 1 aromatic carbocycles. The Balaban J connectivity index is 1.83. The van der Waals surface area contributed by atoms with Gasteiger partial charge in [0.05, 0.1) is 0 Å². The van der Waals surface area contributed by atoms with Gasteiger partial charge in [0, 0.05) is 28.1 Å². The summed E-state index contributed by atoms with van der Waals surface area (Å²) in [6.07, 6.45) is 1.42. The van der Waals surface area contributed by atoms with E-state index in [4.69, 9.17) is 0 Å². The Hall–Kier alpha value is -0.860. The van der Waals surface area contributed by atoms with Crippen LogP contribution >= 0.6 is 11.3 Å². The third-order valence-electron chi connectivity index (χ3n) is 4.23. The van der Waals surface area contributed by atoms with E-state index in [0.717, 1.165) is 5.92 Å². The van der Waals surface area contributed by atoms with Gasteiger partial charge in [-0.25, -0.2) is 0 Å². The van der Waals surface area contributed by atoms with Gasteiger partial charge in [0.15, 0.2) is 0 Å². The summed E-state index contributed by atoms with van der Waals surface area (Å²) in [5, 5.41) is 1.43. The Kier molecular flexibility index (Phi) is 1.65. The Morgan fingerprint density at radius 1 is 1.38 bits per heavy atom. The van der Waals surface area contributed by atoms with Gasteiger partial charge < -0.3 is 4.90 Å². The molecule has 1 nitrogen and oxygen atoms in total. The fourth-order valence-corrected chi connectivity index (χ4v) is 4.68. The average Bonchev–Trinajstić information content (AvgIpc) is 2.71. The lowest BCUT2D eigenvalue weighted by Crippen LogP contribution is -2.21. The van der Waals surface area contributed by atoms with Crippen molar-refractivity contribution in [2.45, 2.75) is 11.8 Å². The van der Waals surface area contributed by atoms with Crippen molar-refractivity contribution >= 4 is 21.4 Å². The van der Waals surface area contributed by atoms with Gasteiger partial charge >= 0.3 is 0 Å². The molecule has 0 N–H and O–H groups in total. The molecular formula is C14H15NS. The van der Waals surface area contributed by atoms with Crippen LogP contribution in [0.15, 0.2) is 30.3 Å². The van der Waals surface area contributed by atoms with Crippen LogP contribution in [0.25, 0.3) is 10.1 Å². The maximum atomic E-state index is 2.48. The number of likely N-dealkylation sites (N-methyl/N-ethyl adjacent to an activating group) is 1. The molecule has 1 saturated carbocycles. The van der Waals surface area contributed by atoms with Crippen molar-refractivity contribution in [1.82, 2.24) is 4.90 Å². The van der Waals surface area contributed by atoms with Gasteiger partial charge in [-0.2, -0.15) is 0 Å². The third-order valence-corrected chi connectivity index (χ3v) is 5.57. The van der Waals surface area contributed by atoms with E-state index in [1.54, 1.807) is 4.88 Å².